The molecule has 1 saturated heterocycles. The fourth-order valence-corrected chi connectivity index (χ4v) is 2.65. The smallest absolute Gasteiger partial charge is 0.303 e. The molecule has 0 saturated carbocycles. The average Bonchev–Trinajstić information content (AvgIpc) is 2.45. The maximum Gasteiger partial charge on any atom is 0.303 e. The zero-order valence-electron chi connectivity index (χ0n) is 12.5. The van der Waals surface area contributed by atoms with Gasteiger partial charge in [-0.05, 0) is 50.6 Å². The summed E-state index contributed by atoms with van der Waals surface area (Å²) < 4.78 is 5.98. The lowest BCUT2D eigenvalue weighted by molar-refractivity contribution is -0.137. The predicted octanol–water partition coefficient (Wildman–Crippen LogP) is 2.02. The summed E-state index contributed by atoms with van der Waals surface area (Å²) in [6.45, 7) is 2.09. The molecule has 21 heavy (non-hydrogen) atoms. The third kappa shape index (κ3) is 5.02. The molecule has 3 N–H and O–H groups in total. The number of nitrogens with zero attached hydrogens (tertiary/aromatic N) is 1. The molecule has 1 aromatic carbocycles. The summed E-state index contributed by atoms with van der Waals surface area (Å²) in [6.07, 6.45) is 3.04. The Kier molecular flexibility index (Phi) is 5.59. The van der Waals surface area contributed by atoms with Gasteiger partial charge < -0.3 is 20.5 Å². The molecule has 2 unspecified atom stereocenters. The lowest BCUT2D eigenvalue weighted by Crippen LogP contribution is -2.38. The molecule has 0 bridgehead atoms. The largest absolute Gasteiger partial charge is 0.489 e. The summed E-state index contributed by atoms with van der Waals surface area (Å²) in [5, 5.41) is 8.68. The van der Waals surface area contributed by atoms with Crippen LogP contribution in [-0.2, 0) is 4.79 Å². The van der Waals surface area contributed by atoms with Gasteiger partial charge in [-0.15, -0.1) is 0 Å². The number of likely N-dealkylation sites (tertiary alicyclic amines) is 1. The van der Waals surface area contributed by atoms with Gasteiger partial charge >= 0.3 is 5.97 Å². The summed E-state index contributed by atoms with van der Waals surface area (Å²) in [7, 11) is 2.11. The van der Waals surface area contributed by atoms with E-state index in [-0.39, 0.29) is 18.6 Å². The van der Waals surface area contributed by atoms with Gasteiger partial charge in [0, 0.05) is 19.0 Å². The van der Waals surface area contributed by atoms with Crippen molar-refractivity contribution in [3.8, 4) is 5.75 Å². The lowest BCUT2D eigenvalue weighted by atomic mass is 10.0. The Balaban J connectivity index is 1.87. The molecule has 1 aromatic rings. The summed E-state index contributed by atoms with van der Waals surface area (Å²) >= 11 is 0. The van der Waals surface area contributed by atoms with Crippen LogP contribution in [0.1, 0.15) is 37.3 Å². The zero-order chi connectivity index (χ0) is 15.2. The summed E-state index contributed by atoms with van der Waals surface area (Å²) in [5.74, 6) is 0.0382. The molecule has 2 atom stereocenters. The molecule has 0 amide bonds. The Bertz CT molecular complexity index is 461. The number of carboxylic acid groups (broad SMARTS) is 1. The van der Waals surface area contributed by atoms with Crippen LogP contribution >= 0.6 is 0 Å². The van der Waals surface area contributed by atoms with E-state index in [1.165, 1.54) is 6.42 Å². The van der Waals surface area contributed by atoms with Crippen LogP contribution < -0.4 is 10.5 Å². The van der Waals surface area contributed by atoms with Crippen LogP contribution in [0.5, 0.6) is 5.75 Å². The standard InChI is InChI=1S/C16H24N2O3/c1-18-10-2-3-14(11-18)21-13-6-4-12(5-7-13)15(17)8-9-16(19)20/h4-7,14-15H,2-3,8-11,17H2,1H3,(H,19,20). The van der Waals surface area contributed by atoms with Crippen molar-refractivity contribution in [1.82, 2.24) is 4.90 Å². The topological polar surface area (TPSA) is 75.8 Å². The number of hydrogen-bond donors (Lipinski definition) is 2. The highest BCUT2D eigenvalue weighted by Crippen LogP contribution is 2.22. The second kappa shape index (κ2) is 7.43. The number of piperidine rings is 1. The highest BCUT2D eigenvalue weighted by atomic mass is 16.5. The van der Waals surface area contributed by atoms with E-state index < -0.39 is 5.97 Å². The van der Waals surface area contributed by atoms with Gasteiger partial charge in [0.15, 0.2) is 0 Å². The van der Waals surface area contributed by atoms with Crippen LogP contribution in [-0.4, -0.2) is 42.2 Å². The van der Waals surface area contributed by atoms with Crippen molar-refractivity contribution >= 4 is 5.97 Å². The Morgan fingerprint density at radius 2 is 2.19 bits per heavy atom. The van der Waals surface area contributed by atoms with E-state index in [0.29, 0.717) is 6.42 Å². The van der Waals surface area contributed by atoms with E-state index in [2.05, 4.69) is 11.9 Å². The first-order chi connectivity index (χ1) is 10.0. The summed E-state index contributed by atoms with van der Waals surface area (Å²) in [6, 6.07) is 7.45. The van der Waals surface area contributed by atoms with Gasteiger partial charge in [-0.25, -0.2) is 0 Å². The maximum atomic E-state index is 10.6. The molecule has 0 radical (unpaired) electrons. The van der Waals surface area contributed by atoms with Crippen LogP contribution in [0.2, 0.25) is 0 Å². The van der Waals surface area contributed by atoms with Crippen molar-refractivity contribution in [2.45, 2.75) is 37.8 Å². The van der Waals surface area contributed by atoms with Crippen LogP contribution in [0.15, 0.2) is 24.3 Å². The van der Waals surface area contributed by atoms with Gasteiger partial charge in [-0.2, -0.15) is 0 Å². The first kappa shape index (κ1) is 15.8. The van der Waals surface area contributed by atoms with Crippen molar-refractivity contribution < 1.29 is 14.6 Å². The molecule has 0 aliphatic carbocycles. The second-order valence-electron chi connectivity index (χ2n) is 5.75. The van der Waals surface area contributed by atoms with Crippen LogP contribution in [0, 0.1) is 0 Å². The van der Waals surface area contributed by atoms with Gasteiger partial charge in [-0.1, -0.05) is 12.1 Å². The number of carboxylic acids is 1. The molecule has 0 aromatic heterocycles. The van der Waals surface area contributed by atoms with Crippen molar-refractivity contribution in [1.29, 1.82) is 0 Å². The number of rotatable bonds is 6. The Hall–Kier alpha value is -1.59. The van der Waals surface area contributed by atoms with Crippen molar-refractivity contribution in [3.05, 3.63) is 29.8 Å². The highest BCUT2D eigenvalue weighted by molar-refractivity contribution is 5.66. The van der Waals surface area contributed by atoms with Gasteiger partial charge in [0.25, 0.3) is 0 Å². The molecule has 1 aliphatic rings. The number of ether oxygens (including phenoxy) is 1. The van der Waals surface area contributed by atoms with Crippen molar-refractivity contribution in [2.24, 2.45) is 5.73 Å². The number of hydrogen-bond acceptors (Lipinski definition) is 4. The quantitative estimate of drug-likeness (QED) is 0.839. The molecule has 0 spiro atoms. The van der Waals surface area contributed by atoms with E-state index in [9.17, 15) is 4.79 Å². The fraction of sp³-hybridized carbons (Fsp3) is 0.562. The average molecular weight is 292 g/mol. The van der Waals surface area contributed by atoms with Gasteiger partial charge in [0.05, 0.1) is 0 Å². The number of carbonyl (C=O) groups is 1. The van der Waals surface area contributed by atoms with Crippen LogP contribution in [0.25, 0.3) is 0 Å². The third-order valence-corrected chi connectivity index (χ3v) is 3.86. The fourth-order valence-electron chi connectivity index (χ4n) is 2.65. The first-order valence-electron chi connectivity index (χ1n) is 7.47. The Morgan fingerprint density at radius 3 is 2.81 bits per heavy atom. The molecule has 2 rings (SSSR count). The zero-order valence-corrected chi connectivity index (χ0v) is 12.5. The first-order valence-corrected chi connectivity index (χ1v) is 7.47. The SMILES string of the molecule is CN1CCCC(Oc2ccc(C(N)CCC(=O)O)cc2)C1. The monoisotopic (exact) mass is 292 g/mol. The predicted molar refractivity (Wildman–Crippen MR) is 81.4 cm³/mol. The Labute approximate surface area is 125 Å². The van der Waals surface area contributed by atoms with E-state index in [1.807, 2.05) is 24.3 Å². The van der Waals surface area contributed by atoms with Crippen molar-refractivity contribution in [2.75, 3.05) is 20.1 Å². The number of likely N-dealkylation sites (N-methyl/N-ethyl adjacent to an activating group) is 1. The maximum absolute atomic E-state index is 10.6. The number of nitrogens with two attached hydrogens (primary N) is 1. The van der Waals surface area contributed by atoms with Crippen LogP contribution in [0.3, 0.4) is 0 Å². The second-order valence-corrected chi connectivity index (χ2v) is 5.75. The number of aliphatic carboxylic acids is 1. The molecule has 116 valence electrons. The minimum Gasteiger partial charge on any atom is -0.489 e. The summed E-state index contributed by atoms with van der Waals surface area (Å²) in [5.41, 5.74) is 6.93. The van der Waals surface area contributed by atoms with E-state index in [4.69, 9.17) is 15.6 Å². The normalized spacial score (nSPS) is 21.0. The highest BCUT2D eigenvalue weighted by Gasteiger charge is 2.18. The van der Waals surface area contributed by atoms with Gasteiger partial charge in [-0.3, -0.25) is 4.79 Å². The molecular weight excluding hydrogens is 268 g/mol. The van der Waals surface area contributed by atoms with E-state index in [0.717, 1.165) is 30.8 Å². The van der Waals surface area contributed by atoms with E-state index in [1.54, 1.807) is 0 Å². The minimum atomic E-state index is -0.813. The van der Waals surface area contributed by atoms with Gasteiger partial charge in [0.2, 0.25) is 0 Å². The van der Waals surface area contributed by atoms with Gasteiger partial charge in [0.1, 0.15) is 11.9 Å². The molecular formula is C16H24N2O3. The number of benzene rings is 1. The van der Waals surface area contributed by atoms with E-state index >= 15 is 0 Å². The van der Waals surface area contributed by atoms with Crippen LogP contribution in [0.4, 0.5) is 0 Å². The lowest BCUT2D eigenvalue weighted by Gasteiger charge is -2.30. The molecule has 5 nitrogen and oxygen atoms in total. The molecule has 1 heterocycles. The third-order valence-electron chi connectivity index (χ3n) is 3.86. The summed E-state index contributed by atoms with van der Waals surface area (Å²) in [4.78, 5) is 12.8. The molecule has 5 heteroatoms. The molecule has 1 fully saturated rings. The minimum absolute atomic E-state index is 0.0911. The van der Waals surface area contributed by atoms with Crippen molar-refractivity contribution in [3.63, 3.8) is 0 Å². The molecule has 1 aliphatic heterocycles. The Morgan fingerprint density at radius 1 is 1.48 bits per heavy atom.